The molecule has 1 aromatic rings. The van der Waals surface area contributed by atoms with Crippen LogP contribution in [0.15, 0.2) is 18.2 Å². The van der Waals surface area contributed by atoms with Gasteiger partial charge in [-0.15, -0.1) is 0 Å². The van der Waals surface area contributed by atoms with Gasteiger partial charge in [-0.05, 0) is 61.6 Å². The Morgan fingerprint density at radius 1 is 1.11 bits per heavy atom. The molecular weight excluding hydrogens is 230 g/mol. The second kappa shape index (κ2) is 6.56. The van der Waals surface area contributed by atoms with Crippen LogP contribution < -0.4 is 5.73 Å². The first-order valence-electron chi connectivity index (χ1n) is 7.92. The molecule has 1 saturated carbocycles. The highest BCUT2D eigenvalue weighted by atomic mass is 14.7. The highest BCUT2D eigenvalue weighted by Crippen LogP contribution is 2.33. The maximum absolute atomic E-state index is 6.51. The predicted molar refractivity (Wildman–Crippen MR) is 83.3 cm³/mol. The van der Waals surface area contributed by atoms with E-state index >= 15 is 0 Å². The zero-order chi connectivity index (χ0) is 13.8. The topological polar surface area (TPSA) is 26.0 Å². The van der Waals surface area contributed by atoms with Crippen molar-refractivity contribution in [2.75, 3.05) is 0 Å². The zero-order valence-corrected chi connectivity index (χ0v) is 12.8. The van der Waals surface area contributed by atoms with Crippen molar-refractivity contribution in [1.82, 2.24) is 0 Å². The molecule has 1 atom stereocenters. The van der Waals surface area contributed by atoms with Gasteiger partial charge < -0.3 is 5.73 Å². The van der Waals surface area contributed by atoms with E-state index in [0.717, 1.165) is 18.3 Å². The fourth-order valence-corrected chi connectivity index (χ4v) is 3.60. The van der Waals surface area contributed by atoms with Crippen LogP contribution >= 0.6 is 0 Å². The fourth-order valence-electron chi connectivity index (χ4n) is 3.60. The van der Waals surface area contributed by atoms with Gasteiger partial charge in [-0.3, -0.25) is 0 Å². The Bertz CT molecular complexity index is 382. The largest absolute Gasteiger partial charge is 0.327 e. The Kier molecular flexibility index (Phi) is 5.04. The Morgan fingerprint density at radius 2 is 1.68 bits per heavy atom. The lowest BCUT2D eigenvalue weighted by atomic mass is 9.76. The molecule has 1 fully saturated rings. The summed E-state index contributed by atoms with van der Waals surface area (Å²) >= 11 is 0. The second-order valence-electron chi connectivity index (χ2n) is 6.43. The lowest BCUT2D eigenvalue weighted by molar-refractivity contribution is 0.237. The third-order valence-corrected chi connectivity index (χ3v) is 5.16. The average molecular weight is 259 g/mol. The SMILES string of the molecule is CCC1CCC(C(N)Cc2c(C)cccc2C)CC1. The molecule has 0 aliphatic heterocycles. The normalized spacial score (nSPS) is 25.3. The number of aryl methyl sites for hydroxylation is 2. The van der Waals surface area contributed by atoms with Crippen LogP contribution in [0.4, 0.5) is 0 Å². The van der Waals surface area contributed by atoms with Crippen LogP contribution in [0.2, 0.25) is 0 Å². The van der Waals surface area contributed by atoms with Crippen molar-refractivity contribution in [3.8, 4) is 0 Å². The predicted octanol–water partition coefficient (Wildman–Crippen LogP) is 4.39. The van der Waals surface area contributed by atoms with Gasteiger partial charge in [0.25, 0.3) is 0 Å². The minimum absolute atomic E-state index is 0.345. The summed E-state index contributed by atoms with van der Waals surface area (Å²) in [6.07, 6.45) is 7.86. The highest BCUT2D eigenvalue weighted by molar-refractivity contribution is 5.34. The smallest absolute Gasteiger partial charge is 0.0108 e. The molecule has 2 N–H and O–H groups in total. The van der Waals surface area contributed by atoms with Crippen LogP contribution in [0, 0.1) is 25.7 Å². The lowest BCUT2D eigenvalue weighted by Gasteiger charge is -2.32. The maximum Gasteiger partial charge on any atom is 0.0108 e. The van der Waals surface area contributed by atoms with Crippen molar-refractivity contribution in [3.63, 3.8) is 0 Å². The van der Waals surface area contributed by atoms with Crippen molar-refractivity contribution < 1.29 is 0 Å². The molecule has 0 saturated heterocycles. The van der Waals surface area contributed by atoms with Crippen molar-refractivity contribution in [2.24, 2.45) is 17.6 Å². The van der Waals surface area contributed by atoms with Gasteiger partial charge in [-0.1, -0.05) is 44.4 Å². The van der Waals surface area contributed by atoms with Crippen molar-refractivity contribution >= 4 is 0 Å². The van der Waals surface area contributed by atoms with E-state index in [-0.39, 0.29) is 0 Å². The molecule has 106 valence electrons. The van der Waals surface area contributed by atoms with Gasteiger partial charge in [0.1, 0.15) is 0 Å². The Balaban J connectivity index is 1.96. The molecule has 1 heteroatoms. The summed E-state index contributed by atoms with van der Waals surface area (Å²) in [4.78, 5) is 0. The van der Waals surface area contributed by atoms with Gasteiger partial charge in [0, 0.05) is 6.04 Å². The quantitative estimate of drug-likeness (QED) is 0.852. The molecule has 0 radical (unpaired) electrons. The maximum atomic E-state index is 6.51. The molecular formula is C18H29N. The van der Waals surface area contributed by atoms with E-state index in [9.17, 15) is 0 Å². The van der Waals surface area contributed by atoms with Gasteiger partial charge in [-0.2, -0.15) is 0 Å². The van der Waals surface area contributed by atoms with Gasteiger partial charge in [0.05, 0.1) is 0 Å². The number of nitrogens with two attached hydrogens (primary N) is 1. The molecule has 0 heterocycles. The molecule has 1 aliphatic carbocycles. The summed E-state index contributed by atoms with van der Waals surface area (Å²) in [6, 6.07) is 6.91. The summed E-state index contributed by atoms with van der Waals surface area (Å²) in [5.74, 6) is 1.70. The average Bonchev–Trinajstić information content (AvgIpc) is 2.43. The molecule has 1 aliphatic rings. The van der Waals surface area contributed by atoms with E-state index in [1.165, 1.54) is 48.8 Å². The minimum Gasteiger partial charge on any atom is -0.327 e. The summed E-state index contributed by atoms with van der Waals surface area (Å²) in [5.41, 5.74) is 10.8. The van der Waals surface area contributed by atoms with Crippen LogP contribution in [-0.2, 0) is 6.42 Å². The highest BCUT2D eigenvalue weighted by Gasteiger charge is 2.25. The molecule has 0 amide bonds. The minimum atomic E-state index is 0.345. The molecule has 1 aromatic carbocycles. The van der Waals surface area contributed by atoms with Crippen molar-refractivity contribution in [3.05, 3.63) is 34.9 Å². The lowest BCUT2D eigenvalue weighted by Crippen LogP contribution is -2.35. The molecule has 1 nitrogen and oxygen atoms in total. The summed E-state index contributed by atoms with van der Waals surface area (Å²) < 4.78 is 0. The van der Waals surface area contributed by atoms with Crippen LogP contribution in [0.5, 0.6) is 0 Å². The van der Waals surface area contributed by atoms with Gasteiger partial charge >= 0.3 is 0 Å². The van der Waals surface area contributed by atoms with Gasteiger partial charge in [0.15, 0.2) is 0 Å². The van der Waals surface area contributed by atoms with E-state index in [1.54, 1.807) is 0 Å². The summed E-state index contributed by atoms with van der Waals surface area (Å²) in [6.45, 7) is 6.74. The number of hydrogen-bond donors (Lipinski definition) is 1. The summed E-state index contributed by atoms with van der Waals surface area (Å²) in [7, 11) is 0. The third-order valence-electron chi connectivity index (χ3n) is 5.16. The zero-order valence-electron chi connectivity index (χ0n) is 12.8. The number of benzene rings is 1. The van der Waals surface area contributed by atoms with E-state index < -0.39 is 0 Å². The van der Waals surface area contributed by atoms with E-state index in [2.05, 4.69) is 39.0 Å². The van der Waals surface area contributed by atoms with Crippen LogP contribution in [0.25, 0.3) is 0 Å². The number of rotatable bonds is 4. The van der Waals surface area contributed by atoms with Crippen molar-refractivity contribution in [1.29, 1.82) is 0 Å². The Hall–Kier alpha value is -0.820. The first-order chi connectivity index (χ1) is 9.11. The van der Waals surface area contributed by atoms with Crippen LogP contribution in [-0.4, -0.2) is 6.04 Å². The molecule has 1 unspecified atom stereocenters. The van der Waals surface area contributed by atoms with E-state index in [1.807, 2.05) is 0 Å². The molecule has 0 aromatic heterocycles. The standard InChI is InChI=1S/C18H29N/c1-4-15-8-10-16(11-9-15)18(19)12-17-13(2)6-5-7-14(17)3/h5-7,15-16,18H,4,8-12,19H2,1-3H3. The van der Waals surface area contributed by atoms with Crippen molar-refractivity contribution in [2.45, 2.75) is 65.3 Å². The van der Waals surface area contributed by atoms with E-state index in [4.69, 9.17) is 5.73 Å². The Morgan fingerprint density at radius 3 is 2.21 bits per heavy atom. The summed E-state index contributed by atoms with van der Waals surface area (Å²) in [5, 5.41) is 0. The molecule has 2 rings (SSSR count). The second-order valence-corrected chi connectivity index (χ2v) is 6.43. The molecule has 0 spiro atoms. The van der Waals surface area contributed by atoms with Crippen LogP contribution in [0.3, 0.4) is 0 Å². The van der Waals surface area contributed by atoms with Gasteiger partial charge in [-0.25, -0.2) is 0 Å². The first kappa shape index (κ1) is 14.6. The number of hydrogen-bond acceptors (Lipinski definition) is 1. The first-order valence-corrected chi connectivity index (χ1v) is 7.92. The monoisotopic (exact) mass is 259 g/mol. The molecule has 19 heavy (non-hydrogen) atoms. The Labute approximate surface area is 118 Å². The van der Waals surface area contributed by atoms with E-state index in [0.29, 0.717) is 6.04 Å². The molecule has 0 bridgehead atoms. The fraction of sp³-hybridized carbons (Fsp3) is 0.667. The van der Waals surface area contributed by atoms with Gasteiger partial charge in [0.2, 0.25) is 0 Å². The third kappa shape index (κ3) is 3.60. The van der Waals surface area contributed by atoms with Crippen LogP contribution in [0.1, 0.15) is 55.7 Å².